The molecule has 8 heteroatoms. The minimum Gasteiger partial charge on any atom is -0.468 e. The Balaban J connectivity index is 1.43. The molecule has 3 rings (SSSR count). The van der Waals surface area contributed by atoms with Gasteiger partial charge >= 0.3 is 0 Å². The molecule has 0 aliphatic carbocycles. The van der Waals surface area contributed by atoms with Crippen LogP contribution in [0.15, 0.2) is 47.1 Å². The molecule has 0 spiro atoms. The summed E-state index contributed by atoms with van der Waals surface area (Å²) in [6.45, 7) is 1.79. The molecule has 6 nitrogen and oxygen atoms in total. The summed E-state index contributed by atoms with van der Waals surface area (Å²) in [5.41, 5.74) is 1.24. The molecular formula is C19H24N2O4S2. The van der Waals surface area contributed by atoms with Crippen LogP contribution >= 0.6 is 11.8 Å². The molecule has 1 aromatic carbocycles. The van der Waals surface area contributed by atoms with Crippen LogP contribution in [0.5, 0.6) is 0 Å². The number of furan rings is 1. The highest BCUT2D eigenvalue weighted by Gasteiger charge is 2.25. The van der Waals surface area contributed by atoms with Crippen LogP contribution < -0.4 is 5.32 Å². The molecule has 1 aromatic heterocycles. The number of rotatable bonds is 9. The zero-order chi connectivity index (χ0) is 19.1. The van der Waals surface area contributed by atoms with Gasteiger partial charge in [0.1, 0.15) is 5.76 Å². The van der Waals surface area contributed by atoms with Gasteiger partial charge in [0.25, 0.3) is 5.91 Å². The van der Waals surface area contributed by atoms with Gasteiger partial charge in [0, 0.05) is 31.0 Å². The maximum atomic E-state index is 12.3. The standard InChI is InChI=1S/C19H24N2O4S2/c22-19(20-9-13-26-14-18-4-3-12-25-18)17-7-5-16(6-8-17)15-27(23,24)21-10-1-2-11-21/h3-8,12H,1-2,9-11,13-15H2,(H,20,22). The van der Waals surface area contributed by atoms with Gasteiger partial charge in [-0.3, -0.25) is 4.79 Å². The minimum atomic E-state index is -3.26. The number of carbonyl (C=O) groups is 1. The summed E-state index contributed by atoms with van der Waals surface area (Å²) in [5, 5.41) is 2.87. The molecule has 1 saturated heterocycles. The van der Waals surface area contributed by atoms with Crippen molar-refractivity contribution in [2.75, 3.05) is 25.4 Å². The van der Waals surface area contributed by atoms with E-state index >= 15 is 0 Å². The summed E-state index contributed by atoms with van der Waals surface area (Å²) in [5.74, 6) is 2.33. The number of sulfonamides is 1. The molecular weight excluding hydrogens is 384 g/mol. The van der Waals surface area contributed by atoms with Gasteiger partial charge in [0.15, 0.2) is 0 Å². The molecule has 0 radical (unpaired) electrons. The molecule has 1 fully saturated rings. The third-order valence-electron chi connectivity index (χ3n) is 4.38. The number of benzene rings is 1. The highest BCUT2D eigenvalue weighted by molar-refractivity contribution is 7.98. The number of carbonyl (C=O) groups excluding carboxylic acids is 1. The number of nitrogens with one attached hydrogen (secondary N) is 1. The molecule has 1 aliphatic heterocycles. The van der Waals surface area contributed by atoms with Gasteiger partial charge in [-0.25, -0.2) is 12.7 Å². The third kappa shape index (κ3) is 5.85. The fourth-order valence-corrected chi connectivity index (χ4v) is 5.29. The fraction of sp³-hybridized carbons (Fsp3) is 0.421. The molecule has 0 saturated carbocycles. The van der Waals surface area contributed by atoms with E-state index in [2.05, 4.69) is 5.32 Å². The quantitative estimate of drug-likeness (QED) is 0.646. The number of nitrogens with zero attached hydrogens (tertiary/aromatic N) is 1. The van der Waals surface area contributed by atoms with Crippen molar-refractivity contribution in [3.63, 3.8) is 0 Å². The van der Waals surface area contributed by atoms with Crippen LogP contribution in [0.1, 0.15) is 34.5 Å². The number of hydrogen-bond donors (Lipinski definition) is 1. The topological polar surface area (TPSA) is 79.6 Å². The lowest BCUT2D eigenvalue weighted by molar-refractivity contribution is 0.0956. The van der Waals surface area contributed by atoms with E-state index in [-0.39, 0.29) is 11.7 Å². The predicted octanol–water partition coefficient (Wildman–Crippen LogP) is 2.87. The Morgan fingerprint density at radius 3 is 2.56 bits per heavy atom. The van der Waals surface area contributed by atoms with Crippen LogP contribution in [0.4, 0.5) is 0 Å². The zero-order valence-corrected chi connectivity index (χ0v) is 16.7. The van der Waals surface area contributed by atoms with E-state index in [1.54, 1.807) is 46.6 Å². The molecule has 146 valence electrons. The normalized spacial score (nSPS) is 15.1. The van der Waals surface area contributed by atoms with Gasteiger partial charge in [-0.15, -0.1) is 0 Å². The Bertz CT molecular complexity index is 827. The fourth-order valence-electron chi connectivity index (χ4n) is 2.93. The second kappa shape index (κ2) is 9.43. The van der Waals surface area contributed by atoms with E-state index < -0.39 is 10.0 Å². The van der Waals surface area contributed by atoms with E-state index in [1.807, 2.05) is 12.1 Å². The highest BCUT2D eigenvalue weighted by Crippen LogP contribution is 2.17. The average molecular weight is 409 g/mol. The summed E-state index contributed by atoms with van der Waals surface area (Å²) in [6.07, 6.45) is 3.51. The Morgan fingerprint density at radius 2 is 1.89 bits per heavy atom. The first kappa shape index (κ1) is 20.0. The van der Waals surface area contributed by atoms with Gasteiger partial charge in [-0.1, -0.05) is 12.1 Å². The Kier molecular flexibility index (Phi) is 6.98. The molecule has 1 aliphatic rings. The first-order chi connectivity index (χ1) is 13.0. The van der Waals surface area contributed by atoms with Gasteiger partial charge in [-0.05, 0) is 42.7 Å². The largest absolute Gasteiger partial charge is 0.468 e. The molecule has 0 bridgehead atoms. The van der Waals surface area contributed by atoms with Gasteiger partial charge < -0.3 is 9.73 Å². The first-order valence-corrected chi connectivity index (χ1v) is 11.8. The summed E-state index contributed by atoms with van der Waals surface area (Å²) in [6, 6.07) is 10.6. The van der Waals surface area contributed by atoms with Crippen LogP contribution in [-0.2, 0) is 21.5 Å². The Labute approximate surface area is 164 Å². The lowest BCUT2D eigenvalue weighted by Crippen LogP contribution is -2.29. The number of hydrogen-bond acceptors (Lipinski definition) is 5. The summed E-state index contributed by atoms with van der Waals surface area (Å²) in [7, 11) is -3.26. The Morgan fingerprint density at radius 1 is 1.15 bits per heavy atom. The average Bonchev–Trinajstić information content (AvgIpc) is 3.36. The molecule has 27 heavy (non-hydrogen) atoms. The van der Waals surface area contributed by atoms with Crippen molar-refractivity contribution >= 4 is 27.7 Å². The summed E-state index contributed by atoms with van der Waals surface area (Å²) in [4.78, 5) is 12.2. The highest BCUT2D eigenvalue weighted by atomic mass is 32.2. The van der Waals surface area contributed by atoms with E-state index in [1.165, 1.54) is 0 Å². The molecule has 1 N–H and O–H groups in total. The molecule has 2 heterocycles. The van der Waals surface area contributed by atoms with Gasteiger partial charge in [-0.2, -0.15) is 11.8 Å². The van der Waals surface area contributed by atoms with Crippen LogP contribution in [0.2, 0.25) is 0 Å². The number of amides is 1. The van der Waals surface area contributed by atoms with Gasteiger partial charge in [0.2, 0.25) is 10.0 Å². The maximum Gasteiger partial charge on any atom is 0.251 e. The molecule has 1 amide bonds. The van der Waals surface area contributed by atoms with Crippen molar-refractivity contribution in [3.05, 3.63) is 59.5 Å². The lowest BCUT2D eigenvalue weighted by atomic mass is 10.1. The SMILES string of the molecule is O=C(NCCSCc1ccco1)c1ccc(CS(=O)(=O)N2CCCC2)cc1. The van der Waals surface area contributed by atoms with E-state index in [9.17, 15) is 13.2 Å². The molecule has 0 unspecified atom stereocenters. The monoisotopic (exact) mass is 408 g/mol. The molecule has 0 atom stereocenters. The summed E-state index contributed by atoms with van der Waals surface area (Å²) >= 11 is 1.69. The van der Waals surface area contributed by atoms with Crippen molar-refractivity contribution in [1.29, 1.82) is 0 Å². The Hall–Kier alpha value is -1.77. The van der Waals surface area contributed by atoms with E-state index in [0.717, 1.165) is 30.1 Å². The van der Waals surface area contributed by atoms with E-state index in [0.29, 0.717) is 30.8 Å². The first-order valence-electron chi connectivity index (χ1n) is 9.00. The minimum absolute atomic E-state index is 0.0156. The third-order valence-corrected chi connectivity index (χ3v) is 7.21. The van der Waals surface area contributed by atoms with Crippen LogP contribution in [-0.4, -0.2) is 44.0 Å². The molecule has 2 aromatic rings. The van der Waals surface area contributed by atoms with Crippen molar-refractivity contribution in [3.8, 4) is 0 Å². The number of thioether (sulfide) groups is 1. The van der Waals surface area contributed by atoms with E-state index in [4.69, 9.17) is 4.42 Å². The van der Waals surface area contributed by atoms with Crippen LogP contribution in [0.25, 0.3) is 0 Å². The second-order valence-corrected chi connectivity index (χ2v) is 9.52. The lowest BCUT2D eigenvalue weighted by Gasteiger charge is -2.15. The predicted molar refractivity (Wildman–Crippen MR) is 107 cm³/mol. The van der Waals surface area contributed by atoms with Crippen molar-refractivity contribution in [2.45, 2.75) is 24.3 Å². The maximum absolute atomic E-state index is 12.3. The van der Waals surface area contributed by atoms with Crippen molar-refractivity contribution in [2.24, 2.45) is 0 Å². The van der Waals surface area contributed by atoms with Crippen LogP contribution in [0, 0.1) is 0 Å². The summed E-state index contributed by atoms with van der Waals surface area (Å²) < 4.78 is 31.5. The second-order valence-electron chi connectivity index (χ2n) is 6.45. The van der Waals surface area contributed by atoms with Gasteiger partial charge in [0.05, 0.1) is 17.8 Å². The van der Waals surface area contributed by atoms with Crippen molar-refractivity contribution < 1.29 is 17.6 Å². The zero-order valence-electron chi connectivity index (χ0n) is 15.1. The van der Waals surface area contributed by atoms with Crippen molar-refractivity contribution in [1.82, 2.24) is 9.62 Å². The smallest absolute Gasteiger partial charge is 0.251 e. The van der Waals surface area contributed by atoms with Crippen LogP contribution in [0.3, 0.4) is 0 Å².